The smallest absolute Gasteiger partial charge is 0.222 e. The molecule has 0 aliphatic heterocycles. The van der Waals surface area contributed by atoms with Gasteiger partial charge in [0, 0.05) is 0 Å². The van der Waals surface area contributed by atoms with Gasteiger partial charge in [-0.1, -0.05) is 109 Å². The fraction of sp³-hybridized carbons (Fsp3) is 0.100. The van der Waals surface area contributed by atoms with E-state index in [1.54, 1.807) is 0 Å². The predicted octanol–water partition coefficient (Wildman–Crippen LogP) is 7.62. The Morgan fingerprint density at radius 2 is 0.455 bits per heavy atom. The Balaban J connectivity index is 1.26. The van der Waals surface area contributed by atoms with Gasteiger partial charge >= 0.3 is 0 Å². The van der Waals surface area contributed by atoms with E-state index >= 15 is 0 Å². The first-order valence-corrected chi connectivity index (χ1v) is 18.7. The predicted molar refractivity (Wildman–Crippen MR) is 191 cm³/mol. The summed E-state index contributed by atoms with van der Waals surface area (Å²) in [5.41, 5.74) is 0. The van der Waals surface area contributed by atoms with Crippen molar-refractivity contribution in [3.63, 3.8) is 0 Å². The molecule has 0 saturated carbocycles. The first kappa shape index (κ1) is 30.1. The molecule has 6 aromatic rings. The van der Waals surface area contributed by atoms with E-state index in [9.17, 15) is 0 Å². The van der Waals surface area contributed by atoms with Gasteiger partial charge in [0.15, 0.2) is 0 Å². The molecule has 0 fully saturated rings. The van der Waals surface area contributed by atoms with Gasteiger partial charge in [0.25, 0.3) is 0 Å². The molecule has 0 aliphatic carbocycles. The summed E-state index contributed by atoms with van der Waals surface area (Å²) in [5, 5.41) is 7.39. The van der Waals surface area contributed by atoms with Crippen LogP contribution in [0, 0.1) is 0 Å². The van der Waals surface area contributed by atoms with Crippen molar-refractivity contribution in [2.45, 2.75) is 12.8 Å². The molecule has 218 valence electrons. The van der Waals surface area contributed by atoms with Gasteiger partial charge < -0.3 is 0 Å². The third-order valence-corrected chi connectivity index (χ3v) is 15.1. The van der Waals surface area contributed by atoms with Crippen molar-refractivity contribution in [1.82, 2.24) is 0 Å². The summed E-state index contributed by atoms with van der Waals surface area (Å²) < 4.78 is 14.3. The summed E-state index contributed by atoms with van der Waals surface area (Å²) in [6.07, 6.45) is 1.79. The van der Waals surface area contributed by atoms with Crippen LogP contribution in [0.4, 0.5) is 0 Å². The quantitative estimate of drug-likeness (QED) is 0.0987. The lowest BCUT2D eigenvalue weighted by molar-refractivity contribution is 0.296. The van der Waals surface area contributed by atoms with Crippen LogP contribution in [0.1, 0.15) is 12.8 Å². The minimum Gasteiger partial charge on any atom is -0.222 e. The van der Waals surface area contributed by atoms with E-state index in [1.165, 1.54) is 31.8 Å². The largest absolute Gasteiger partial charge is 0.242 e. The van der Waals surface area contributed by atoms with Gasteiger partial charge in [-0.2, -0.15) is 0 Å². The Bertz CT molecular complexity index is 1360. The molecular formula is C40H38O2P2+2. The number of hydrogen-bond acceptors (Lipinski definition) is 2. The Morgan fingerprint density at radius 1 is 0.273 bits per heavy atom. The number of rotatable bonds is 13. The summed E-state index contributed by atoms with van der Waals surface area (Å²) in [5.74, 6) is 0. The molecule has 0 heterocycles. The van der Waals surface area contributed by atoms with E-state index in [2.05, 4.69) is 182 Å². The van der Waals surface area contributed by atoms with Crippen LogP contribution in [0.5, 0.6) is 0 Å². The zero-order valence-corrected chi connectivity index (χ0v) is 26.6. The second kappa shape index (κ2) is 14.7. The average Bonchev–Trinajstić information content (AvgIpc) is 3.12. The molecule has 0 bridgehead atoms. The molecule has 0 saturated heterocycles. The minimum absolute atomic E-state index is 0.642. The van der Waals surface area contributed by atoms with Gasteiger partial charge in [0.1, 0.15) is 31.8 Å². The third kappa shape index (κ3) is 6.32. The molecule has 6 aromatic carbocycles. The molecule has 0 spiro atoms. The standard InChI is InChI=1S/C40H38O2P2/c1-7-21-35(22-8-1)43(36-23-9-2-10-24-36,37-25-11-3-12-26-37)41-33-19-20-34-42-44(38-27-13-4-14-28-38,39-29-15-5-16-30-39)40-31-17-6-18-32-40/h1-18,21-32H,19-20,33-34H2/q+2. The van der Waals surface area contributed by atoms with Crippen LogP contribution in [0.15, 0.2) is 182 Å². The lowest BCUT2D eigenvalue weighted by Gasteiger charge is -2.26. The van der Waals surface area contributed by atoms with Gasteiger partial charge in [-0.15, -0.1) is 0 Å². The SMILES string of the molecule is c1ccc([P+](OCCCCO[P+](c2ccccc2)(c2ccccc2)c2ccccc2)(c2ccccc2)c2ccccc2)cc1. The van der Waals surface area contributed by atoms with E-state index < -0.39 is 15.0 Å². The topological polar surface area (TPSA) is 18.5 Å². The Morgan fingerprint density at radius 3 is 0.636 bits per heavy atom. The van der Waals surface area contributed by atoms with E-state index in [4.69, 9.17) is 9.05 Å². The molecular weight excluding hydrogens is 574 g/mol. The molecule has 0 N–H and O–H groups in total. The Hall–Kier alpha value is -3.90. The number of benzene rings is 6. The molecule has 0 amide bonds. The summed E-state index contributed by atoms with van der Waals surface area (Å²) >= 11 is 0. The summed E-state index contributed by atoms with van der Waals surface area (Å²) in [6, 6.07) is 64.5. The van der Waals surface area contributed by atoms with Crippen molar-refractivity contribution in [2.24, 2.45) is 0 Å². The van der Waals surface area contributed by atoms with Crippen LogP contribution in [-0.2, 0) is 9.05 Å². The highest BCUT2D eigenvalue weighted by Gasteiger charge is 2.49. The van der Waals surface area contributed by atoms with Crippen LogP contribution >= 0.6 is 15.0 Å². The maximum Gasteiger partial charge on any atom is 0.242 e. The minimum atomic E-state index is -2.31. The Labute approximate surface area is 263 Å². The summed E-state index contributed by atoms with van der Waals surface area (Å²) in [4.78, 5) is 0. The van der Waals surface area contributed by atoms with E-state index in [-0.39, 0.29) is 0 Å². The molecule has 44 heavy (non-hydrogen) atoms. The zero-order chi connectivity index (χ0) is 29.9. The van der Waals surface area contributed by atoms with Gasteiger partial charge in [0.05, 0.1) is 13.2 Å². The Kier molecular flexibility index (Phi) is 10.1. The van der Waals surface area contributed by atoms with Crippen LogP contribution in [-0.4, -0.2) is 13.2 Å². The fourth-order valence-corrected chi connectivity index (χ4v) is 12.8. The van der Waals surface area contributed by atoms with Gasteiger partial charge in [0.2, 0.25) is 15.0 Å². The van der Waals surface area contributed by atoms with Crippen molar-refractivity contribution in [3.05, 3.63) is 182 Å². The van der Waals surface area contributed by atoms with Crippen LogP contribution in [0.2, 0.25) is 0 Å². The van der Waals surface area contributed by atoms with Crippen molar-refractivity contribution < 1.29 is 9.05 Å². The van der Waals surface area contributed by atoms with Gasteiger partial charge in [-0.25, -0.2) is 9.05 Å². The van der Waals surface area contributed by atoms with E-state index in [0.717, 1.165) is 12.8 Å². The van der Waals surface area contributed by atoms with Crippen LogP contribution in [0.3, 0.4) is 0 Å². The summed E-state index contributed by atoms with van der Waals surface area (Å²) in [7, 11) is -4.62. The molecule has 6 rings (SSSR count). The highest BCUT2D eigenvalue weighted by molar-refractivity contribution is 7.92. The molecule has 0 aliphatic rings. The average molecular weight is 613 g/mol. The van der Waals surface area contributed by atoms with Gasteiger partial charge in [-0.05, 0) is 85.6 Å². The van der Waals surface area contributed by atoms with E-state index in [0.29, 0.717) is 13.2 Å². The number of hydrogen-bond donors (Lipinski definition) is 0. The van der Waals surface area contributed by atoms with Crippen molar-refractivity contribution in [1.29, 1.82) is 0 Å². The maximum atomic E-state index is 7.14. The van der Waals surface area contributed by atoms with Crippen molar-refractivity contribution in [2.75, 3.05) is 13.2 Å². The normalized spacial score (nSPS) is 11.7. The van der Waals surface area contributed by atoms with Crippen molar-refractivity contribution >= 4 is 46.8 Å². The maximum absolute atomic E-state index is 7.14. The van der Waals surface area contributed by atoms with Gasteiger partial charge in [-0.3, -0.25) is 0 Å². The van der Waals surface area contributed by atoms with Crippen LogP contribution in [0.25, 0.3) is 0 Å². The third-order valence-electron chi connectivity index (χ3n) is 7.83. The number of unbranched alkanes of at least 4 members (excludes halogenated alkanes) is 1. The summed E-state index contributed by atoms with van der Waals surface area (Å²) in [6.45, 7) is 1.28. The fourth-order valence-electron chi connectivity index (χ4n) is 5.78. The first-order valence-electron chi connectivity index (χ1n) is 15.2. The molecule has 0 unspecified atom stereocenters. The highest BCUT2D eigenvalue weighted by atomic mass is 31.2. The zero-order valence-electron chi connectivity index (χ0n) is 24.9. The van der Waals surface area contributed by atoms with Crippen molar-refractivity contribution in [3.8, 4) is 0 Å². The molecule has 0 radical (unpaired) electrons. The monoisotopic (exact) mass is 612 g/mol. The highest BCUT2D eigenvalue weighted by Crippen LogP contribution is 2.57. The molecule has 4 heteroatoms. The lowest BCUT2D eigenvalue weighted by Crippen LogP contribution is -2.33. The first-order chi connectivity index (χ1) is 21.8. The second-order valence-corrected chi connectivity index (χ2v) is 16.7. The van der Waals surface area contributed by atoms with E-state index in [1.807, 2.05) is 0 Å². The molecule has 2 nitrogen and oxygen atoms in total. The lowest BCUT2D eigenvalue weighted by atomic mass is 10.3. The molecule has 0 aromatic heterocycles. The second-order valence-electron chi connectivity index (χ2n) is 10.6. The molecule has 0 atom stereocenters. The van der Waals surface area contributed by atoms with Crippen LogP contribution < -0.4 is 31.8 Å².